The van der Waals surface area contributed by atoms with E-state index in [9.17, 15) is 13.2 Å². The molecule has 0 unspecified atom stereocenters. The Labute approximate surface area is 125 Å². The third kappa shape index (κ3) is 5.73. The van der Waals surface area contributed by atoms with Gasteiger partial charge >= 0.3 is 0 Å². The molecule has 0 atom stereocenters. The van der Waals surface area contributed by atoms with Crippen LogP contribution in [0.15, 0.2) is 24.3 Å². The Morgan fingerprint density at radius 3 is 2.33 bits per heavy atom. The molecule has 7 heteroatoms. The summed E-state index contributed by atoms with van der Waals surface area (Å²) in [4.78, 5) is 12.0. The lowest BCUT2D eigenvalue weighted by molar-refractivity contribution is -0.117. The number of anilines is 2. The number of rotatable bonds is 5. The van der Waals surface area contributed by atoms with Gasteiger partial charge in [-0.3, -0.25) is 9.52 Å². The number of carbonyl (C=O) groups is 1. The number of benzene rings is 1. The molecular formula is C14H21N3O3S. The summed E-state index contributed by atoms with van der Waals surface area (Å²) in [5, 5.41) is 6.12. The van der Waals surface area contributed by atoms with Gasteiger partial charge in [0.05, 0.1) is 6.26 Å². The van der Waals surface area contributed by atoms with Crippen molar-refractivity contribution in [3.63, 3.8) is 0 Å². The van der Waals surface area contributed by atoms with Crippen LogP contribution in [0, 0.1) is 5.92 Å². The van der Waals surface area contributed by atoms with Crippen molar-refractivity contribution in [2.75, 3.05) is 29.4 Å². The first-order chi connectivity index (χ1) is 9.92. The predicted molar refractivity (Wildman–Crippen MR) is 83.7 cm³/mol. The molecule has 1 aromatic carbocycles. The van der Waals surface area contributed by atoms with Gasteiger partial charge in [0.15, 0.2) is 0 Å². The zero-order valence-electron chi connectivity index (χ0n) is 12.1. The van der Waals surface area contributed by atoms with Gasteiger partial charge in [-0.25, -0.2) is 8.42 Å². The highest BCUT2D eigenvalue weighted by molar-refractivity contribution is 7.92. The first kappa shape index (κ1) is 15.8. The maximum Gasteiger partial charge on any atom is 0.229 e. The highest BCUT2D eigenvalue weighted by Crippen LogP contribution is 2.18. The summed E-state index contributed by atoms with van der Waals surface area (Å²) in [7, 11) is -3.28. The van der Waals surface area contributed by atoms with E-state index in [2.05, 4.69) is 15.4 Å². The van der Waals surface area contributed by atoms with Crippen molar-refractivity contribution in [2.24, 2.45) is 5.92 Å². The molecule has 116 valence electrons. The minimum absolute atomic E-state index is 0.00530. The van der Waals surface area contributed by atoms with Gasteiger partial charge in [0.25, 0.3) is 0 Å². The van der Waals surface area contributed by atoms with E-state index in [1.807, 2.05) is 0 Å². The lowest BCUT2D eigenvalue weighted by Gasteiger charge is -2.21. The highest BCUT2D eigenvalue weighted by Gasteiger charge is 2.16. The maximum atomic E-state index is 12.0. The minimum Gasteiger partial charge on any atom is -0.326 e. The maximum absolute atomic E-state index is 12.0. The van der Waals surface area contributed by atoms with Crippen molar-refractivity contribution in [2.45, 2.75) is 19.3 Å². The molecule has 1 heterocycles. The van der Waals surface area contributed by atoms with Crippen molar-refractivity contribution in [3.8, 4) is 0 Å². The fourth-order valence-corrected chi connectivity index (χ4v) is 2.96. The molecule has 2 rings (SSSR count). The van der Waals surface area contributed by atoms with Gasteiger partial charge in [0, 0.05) is 17.8 Å². The van der Waals surface area contributed by atoms with Crippen LogP contribution in [0.1, 0.15) is 19.3 Å². The zero-order chi connectivity index (χ0) is 15.3. The monoisotopic (exact) mass is 311 g/mol. The van der Waals surface area contributed by atoms with E-state index in [-0.39, 0.29) is 5.91 Å². The second-order valence-corrected chi connectivity index (χ2v) is 7.15. The second kappa shape index (κ2) is 6.91. The Balaban J connectivity index is 1.86. The van der Waals surface area contributed by atoms with E-state index in [4.69, 9.17) is 0 Å². The number of sulfonamides is 1. The van der Waals surface area contributed by atoms with Crippen LogP contribution in [0.2, 0.25) is 0 Å². The van der Waals surface area contributed by atoms with Crippen LogP contribution in [0.3, 0.4) is 0 Å². The largest absolute Gasteiger partial charge is 0.326 e. The summed E-state index contributed by atoms with van der Waals surface area (Å²) in [6.45, 7) is 1.95. The number of hydrogen-bond donors (Lipinski definition) is 3. The fourth-order valence-electron chi connectivity index (χ4n) is 2.40. The van der Waals surface area contributed by atoms with E-state index in [1.165, 1.54) is 0 Å². The van der Waals surface area contributed by atoms with Crippen LogP contribution in [-0.2, 0) is 14.8 Å². The van der Waals surface area contributed by atoms with Gasteiger partial charge in [-0.1, -0.05) is 0 Å². The van der Waals surface area contributed by atoms with E-state index in [0.717, 1.165) is 32.2 Å². The lowest BCUT2D eigenvalue weighted by atomic mass is 9.94. The first-order valence-corrected chi connectivity index (χ1v) is 8.90. The molecule has 1 saturated heterocycles. The fraction of sp³-hybridized carbons (Fsp3) is 0.500. The van der Waals surface area contributed by atoms with Gasteiger partial charge < -0.3 is 10.6 Å². The molecule has 0 spiro atoms. The predicted octanol–water partition coefficient (Wildman–Crippen LogP) is 1.39. The minimum atomic E-state index is -3.28. The Bertz CT molecular complexity index is 578. The molecule has 6 nitrogen and oxygen atoms in total. The molecule has 0 bridgehead atoms. The van der Waals surface area contributed by atoms with Crippen LogP contribution < -0.4 is 15.4 Å². The molecule has 1 amide bonds. The third-order valence-electron chi connectivity index (χ3n) is 3.40. The van der Waals surface area contributed by atoms with Crippen LogP contribution in [-0.4, -0.2) is 33.7 Å². The quantitative estimate of drug-likeness (QED) is 0.767. The summed E-state index contributed by atoms with van der Waals surface area (Å²) in [6, 6.07) is 6.63. The number of carbonyl (C=O) groups excluding carboxylic acids is 1. The smallest absolute Gasteiger partial charge is 0.229 e. The van der Waals surface area contributed by atoms with Gasteiger partial charge in [-0.2, -0.15) is 0 Å². The number of nitrogens with one attached hydrogen (secondary N) is 3. The summed E-state index contributed by atoms with van der Waals surface area (Å²) in [6.07, 6.45) is 3.70. The molecule has 0 saturated carbocycles. The molecule has 1 aromatic rings. The Morgan fingerprint density at radius 1 is 1.19 bits per heavy atom. The topological polar surface area (TPSA) is 87.3 Å². The second-order valence-electron chi connectivity index (χ2n) is 5.40. The molecule has 0 aliphatic carbocycles. The van der Waals surface area contributed by atoms with Crippen molar-refractivity contribution in [1.29, 1.82) is 0 Å². The number of piperidine rings is 1. The van der Waals surface area contributed by atoms with Gasteiger partial charge in [0.2, 0.25) is 15.9 Å². The summed E-state index contributed by atoms with van der Waals surface area (Å²) in [5.41, 5.74) is 1.15. The molecule has 0 radical (unpaired) electrons. The van der Waals surface area contributed by atoms with Crippen LogP contribution in [0.4, 0.5) is 11.4 Å². The van der Waals surface area contributed by atoms with Gasteiger partial charge in [-0.15, -0.1) is 0 Å². The van der Waals surface area contributed by atoms with Gasteiger partial charge in [0.1, 0.15) is 0 Å². The zero-order valence-corrected chi connectivity index (χ0v) is 12.9. The Morgan fingerprint density at radius 2 is 1.76 bits per heavy atom. The summed E-state index contributed by atoms with van der Waals surface area (Å²) in [5.74, 6) is 0.447. The molecule has 1 fully saturated rings. The van der Waals surface area contributed by atoms with E-state index < -0.39 is 10.0 Å². The number of amides is 1. The number of hydrogen-bond acceptors (Lipinski definition) is 4. The van der Waals surface area contributed by atoms with Crippen LogP contribution >= 0.6 is 0 Å². The van der Waals surface area contributed by atoms with Crippen molar-refractivity contribution < 1.29 is 13.2 Å². The average Bonchev–Trinajstić information content (AvgIpc) is 2.40. The van der Waals surface area contributed by atoms with Crippen LogP contribution in [0.5, 0.6) is 0 Å². The average molecular weight is 311 g/mol. The van der Waals surface area contributed by atoms with Crippen molar-refractivity contribution in [1.82, 2.24) is 5.32 Å². The molecule has 1 aliphatic rings. The van der Waals surface area contributed by atoms with E-state index in [1.54, 1.807) is 24.3 Å². The first-order valence-electron chi connectivity index (χ1n) is 7.01. The summed E-state index contributed by atoms with van der Waals surface area (Å²) >= 11 is 0. The Kier molecular flexibility index (Phi) is 5.19. The standard InChI is InChI=1S/C14H21N3O3S/c1-21(19,20)17-13-4-2-12(3-5-13)16-14(18)10-11-6-8-15-9-7-11/h2-5,11,15,17H,6-10H2,1H3,(H,16,18). The normalized spacial score (nSPS) is 16.4. The lowest BCUT2D eigenvalue weighted by Crippen LogP contribution is -2.30. The van der Waals surface area contributed by atoms with E-state index in [0.29, 0.717) is 23.7 Å². The molecule has 0 aromatic heterocycles. The Hall–Kier alpha value is -1.60. The highest BCUT2D eigenvalue weighted by atomic mass is 32.2. The molecule has 21 heavy (non-hydrogen) atoms. The SMILES string of the molecule is CS(=O)(=O)Nc1ccc(NC(=O)CC2CCNCC2)cc1. The van der Waals surface area contributed by atoms with Crippen molar-refractivity contribution >= 4 is 27.3 Å². The van der Waals surface area contributed by atoms with E-state index >= 15 is 0 Å². The van der Waals surface area contributed by atoms with Crippen LogP contribution in [0.25, 0.3) is 0 Å². The third-order valence-corrected chi connectivity index (χ3v) is 4.01. The van der Waals surface area contributed by atoms with Crippen molar-refractivity contribution in [3.05, 3.63) is 24.3 Å². The van der Waals surface area contributed by atoms with Gasteiger partial charge in [-0.05, 0) is 56.1 Å². The summed E-state index contributed by atoms with van der Waals surface area (Å²) < 4.78 is 24.6. The molecule has 1 aliphatic heterocycles. The molecular weight excluding hydrogens is 290 g/mol. The molecule has 3 N–H and O–H groups in total.